The molecule has 24 heavy (non-hydrogen) atoms. The number of nitrogens with one attached hydrogen (secondary N) is 1. The summed E-state index contributed by atoms with van der Waals surface area (Å²) in [5.74, 6) is -0.392. The first-order chi connectivity index (χ1) is 11.5. The van der Waals surface area contributed by atoms with Gasteiger partial charge < -0.3 is 5.32 Å². The third-order valence-corrected chi connectivity index (χ3v) is 4.17. The van der Waals surface area contributed by atoms with Crippen molar-refractivity contribution in [2.45, 2.75) is 13.8 Å². The van der Waals surface area contributed by atoms with Gasteiger partial charge in [0.05, 0.1) is 11.4 Å². The van der Waals surface area contributed by atoms with Gasteiger partial charge in [0.25, 0.3) is 11.5 Å². The van der Waals surface area contributed by atoms with Crippen molar-refractivity contribution in [3.8, 4) is 5.69 Å². The summed E-state index contributed by atoms with van der Waals surface area (Å²) in [6, 6.07) is 16.8. The highest BCUT2D eigenvalue weighted by molar-refractivity contribution is 6.05. The van der Waals surface area contributed by atoms with Gasteiger partial charge in [-0.1, -0.05) is 36.4 Å². The largest absolute Gasteiger partial charge is 0.322 e. The maximum absolute atomic E-state index is 12.8. The van der Waals surface area contributed by atoms with E-state index in [1.54, 1.807) is 18.7 Å². The van der Waals surface area contributed by atoms with E-state index >= 15 is 0 Å². The molecular weight excluding hydrogens is 302 g/mol. The molecule has 0 aliphatic heterocycles. The van der Waals surface area contributed by atoms with E-state index in [1.165, 1.54) is 4.68 Å². The first-order valence-electron chi connectivity index (χ1n) is 7.71. The van der Waals surface area contributed by atoms with Crippen LogP contribution in [0.3, 0.4) is 0 Å². The second-order valence-corrected chi connectivity index (χ2v) is 5.71. The molecular formula is C19H19N3O2. The SMILES string of the molecule is Cc1ccccc1NC(=O)c1c(C)n(C)n(-c2ccccc2)c1=O. The molecule has 0 atom stereocenters. The summed E-state index contributed by atoms with van der Waals surface area (Å²) in [4.78, 5) is 25.5. The standard InChI is InChI=1S/C19H19N3O2/c1-13-9-7-8-12-16(13)20-18(23)17-14(2)21(3)22(19(17)24)15-10-5-4-6-11-15/h4-12H,1-3H3,(H,20,23). The molecule has 0 saturated heterocycles. The van der Waals surface area contributed by atoms with Crippen molar-refractivity contribution < 1.29 is 4.79 Å². The molecule has 1 aromatic heterocycles. The van der Waals surface area contributed by atoms with E-state index in [-0.39, 0.29) is 11.1 Å². The molecule has 0 radical (unpaired) electrons. The number of hydrogen-bond acceptors (Lipinski definition) is 2. The molecule has 0 spiro atoms. The molecule has 1 amide bonds. The number of aromatic nitrogens is 2. The molecule has 0 aliphatic carbocycles. The van der Waals surface area contributed by atoms with Gasteiger partial charge in [0.1, 0.15) is 5.56 Å². The lowest BCUT2D eigenvalue weighted by Crippen LogP contribution is -2.25. The monoisotopic (exact) mass is 321 g/mol. The van der Waals surface area contributed by atoms with E-state index in [0.29, 0.717) is 11.4 Å². The Bertz CT molecular complexity index is 952. The van der Waals surface area contributed by atoms with Gasteiger partial charge in [-0.25, -0.2) is 4.68 Å². The molecule has 0 bridgehead atoms. The fraction of sp³-hybridized carbons (Fsp3) is 0.158. The molecule has 0 unspecified atom stereocenters. The Balaban J connectivity index is 2.05. The summed E-state index contributed by atoms with van der Waals surface area (Å²) in [6.07, 6.45) is 0. The van der Waals surface area contributed by atoms with E-state index < -0.39 is 5.91 Å². The lowest BCUT2D eigenvalue weighted by atomic mass is 10.2. The minimum atomic E-state index is -0.392. The van der Waals surface area contributed by atoms with E-state index in [9.17, 15) is 9.59 Å². The summed E-state index contributed by atoms with van der Waals surface area (Å²) in [7, 11) is 1.77. The lowest BCUT2D eigenvalue weighted by molar-refractivity contribution is 0.102. The second-order valence-electron chi connectivity index (χ2n) is 5.71. The number of amides is 1. The second kappa shape index (κ2) is 6.20. The van der Waals surface area contributed by atoms with E-state index in [2.05, 4.69) is 5.32 Å². The predicted molar refractivity (Wildman–Crippen MR) is 94.9 cm³/mol. The van der Waals surface area contributed by atoms with Gasteiger partial charge in [0.15, 0.2) is 0 Å². The summed E-state index contributed by atoms with van der Waals surface area (Å²) < 4.78 is 3.20. The molecule has 0 fully saturated rings. The van der Waals surface area contributed by atoms with Crippen molar-refractivity contribution in [3.63, 3.8) is 0 Å². The van der Waals surface area contributed by atoms with Gasteiger partial charge in [0, 0.05) is 12.7 Å². The fourth-order valence-electron chi connectivity index (χ4n) is 2.73. The topological polar surface area (TPSA) is 56.0 Å². The molecule has 1 heterocycles. The van der Waals surface area contributed by atoms with Crippen LogP contribution in [-0.4, -0.2) is 15.3 Å². The summed E-state index contributed by atoms with van der Waals surface area (Å²) in [6.45, 7) is 3.68. The Morgan fingerprint density at radius 1 is 0.958 bits per heavy atom. The Hall–Kier alpha value is -3.08. The number of nitrogens with zero attached hydrogens (tertiary/aromatic N) is 2. The number of aryl methyl sites for hydroxylation is 1. The first-order valence-corrected chi connectivity index (χ1v) is 7.71. The molecule has 0 saturated carbocycles. The molecule has 3 rings (SSSR count). The van der Waals surface area contributed by atoms with Crippen LogP contribution in [0.1, 0.15) is 21.6 Å². The molecule has 5 heteroatoms. The van der Waals surface area contributed by atoms with Gasteiger partial charge in [-0.3, -0.25) is 14.3 Å². The lowest BCUT2D eigenvalue weighted by Gasteiger charge is -2.07. The summed E-state index contributed by atoms with van der Waals surface area (Å²) in [5.41, 5.74) is 2.83. The number of para-hydroxylation sites is 2. The average Bonchev–Trinajstić information content (AvgIpc) is 2.80. The van der Waals surface area contributed by atoms with Crippen LogP contribution in [0.15, 0.2) is 59.4 Å². The first kappa shape index (κ1) is 15.8. The minimum Gasteiger partial charge on any atom is -0.322 e. The molecule has 122 valence electrons. The highest BCUT2D eigenvalue weighted by Gasteiger charge is 2.22. The summed E-state index contributed by atoms with van der Waals surface area (Å²) in [5, 5.41) is 2.83. The molecule has 2 aromatic carbocycles. The van der Waals surface area contributed by atoms with Gasteiger partial charge in [-0.15, -0.1) is 0 Å². The fourth-order valence-corrected chi connectivity index (χ4v) is 2.73. The van der Waals surface area contributed by atoms with Crippen molar-refractivity contribution >= 4 is 11.6 Å². The molecule has 1 N–H and O–H groups in total. The van der Waals surface area contributed by atoms with Crippen molar-refractivity contribution in [2.24, 2.45) is 7.05 Å². The minimum absolute atomic E-state index is 0.157. The zero-order chi connectivity index (χ0) is 17.3. The molecule has 3 aromatic rings. The quantitative estimate of drug-likeness (QED) is 0.806. The smallest absolute Gasteiger partial charge is 0.284 e. The van der Waals surface area contributed by atoms with Crippen LogP contribution in [0, 0.1) is 13.8 Å². The zero-order valence-electron chi connectivity index (χ0n) is 13.9. The average molecular weight is 321 g/mol. The Labute approximate surface area is 140 Å². The number of benzene rings is 2. The Morgan fingerprint density at radius 3 is 2.25 bits per heavy atom. The number of carbonyl (C=O) groups excluding carboxylic acids is 1. The zero-order valence-corrected chi connectivity index (χ0v) is 13.9. The van der Waals surface area contributed by atoms with Crippen LogP contribution in [0.5, 0.6) is 0 Å². The van der Waals surface area contributed by atoms with Crippen molar-refractivity contribution in [3.05, 3.63) is 81.8 Å². The number of hydrogen-bond donors (Lipinski definition) is 1. The Morgan fingerprint density at radius 2 is 1.58 bits per heavy atom. The van der Waals surface area contributed by atoms with E-state index in [1.807, 2.05) is 61.5 Å². The maximum atomic E-state index is 12.8. The van der Waals surface area contributed by atoms with Gasteiger partial charge in [-0.05, 0) is 37.6 Å². The van der Waals surface area contributed by atoms with Crippen LogP contribution in [-0.2, 0) is 7.05 Å². The third kappa shape index (κ3) is 2.65. The van der Waals surface area contributed by atoms with Gasteiger partial charge >= 0.3 is 0 Å². The van der Waals surface area contributed by atoms with Crippen molar-refractivity contribution in [1.29, 1.82) is 0 Å². The van der Waals surface area contributed by atoms with Gasteiger partial charge in [-0.2, -0.15) is 0 Å². The molecule has 0 aliphatic rings. The van der Waals surface area contributed by atoms with E-state index in [4.69, 9.17) is 0 Å². The number of rotatable bonds is 3. The number of carbonyl (C=O) groups is 1. The maximum Gasteiger partial charge on any atom is 0.284 e. The summed E-state index contributed by atoms with van der Waals surface area (Å²) >= 11 is 0. The Kier molecular flexibility index (Phi) is 4.08. The van der Waals surface area contributed by atoms with Crippen molar-refractivity contribution in [1.82, 2.24) is 9.36 Å². The third-order valence-electron chi connectivity index (χ3n) is 4.17. The van der Waals surface area contributed by atoms with Crippen LogP contribution in [0.4, 0.5) is 5.69 Å². The highest BCUT2D eigenvalue weighted by Crippen LogP contribution is 2.16. The molecule has 5 nitrogen and oxygen atoms in total. The number of anilines is 1. The van der Waals surface area contributed by atoms with Crippen molar-refractivity contribution in [2.75, 3.05) is 5.32 Å². The predicted octanol–water partition coefficient (Wildman–Crippen LogP) is 3.05. The van der Waals surface area contributed by atoms with Crippen LogP contribution in [0.2, 0.25) is 0 Å². The van der Waals surface area contributed by atoms with Crippen LogP contribution in [0.25, 0.3) is 5.69 Å². The van der Waals surface area contributed by atoms with Crippen LogP contribution >= 0.6 is 0 Å². The van der Waals surface area contributed by atoms with Gasteiger partial charge in [0.2, 0.25) is 0 Å². The van der Waals surface area contributed by atoms with Crippen LogP contribution < -0.4 is 10.9 Å². The normalized spacial score (nSPS) is 10.6. The van der Waals surface area contributed by atoms with E-state index in [0.717, 1.165) is 11.3 Å². The highest BCUT2D eigenvalue weighted by atomic mass is 16.2.